The van der Waals surface area contributed by atoms with E-state index in [1.165, 1.54) is 0 Å². The van der Waals surface area contributed by atoms with Crippen molar-refractivity contribution in [1.29, 1.82) is 0 Å². The van der Waals surface area contributed by atoms with Crippen LogP contribution in [0.15, 0.2) is 30.8 Å². The summed E-state index contributed by atoms with van der Waals surface area (Å²) < 4.78 is 0. The summed E-state index contributed by atoms with van der Waals surface area (Å²) in [6, 6.07) is 6.91. The van der Waals surface area contributed by atoms with Gasteiger partial charge in [0.1, 0.15) is 6.04 Å². The lowest BCUT2D eigenvalue weighted by Crippen LogP contribution is -2.41. The Morgan fingerprint density at radius 1 is 1.47 bits per heavy atom. The van der Waals surface area contributed by atoms with Crippen molar-refractivity contribution >= 4 is 17.7 Å². The van der Waals surface area contributed by atoms with Crippen molar-refractivity contribution in [2.45, 2.75) is 26.8 Å². The predicted octanol–water partition coefficient (Wildman–Crippen LogP) is 3.24. The molecule has 0 fully saturated rings. The van der Waals surface area contributed by atoms with Crippen molar-refractivity contribution < 1.29 is 9.90 Å². The number of anilines is 1. The zero-order chi connectivity index (χ0) is 13.1. The van der Waals surface area contributed by atoms with Crippen molar-refractivity contribution in [3.63, 3.8) is 0 Å². The van der Waals surface area contributed by atoms with Gasteiger partial charge in [0, 0.05) is 5.69 Å². The van der Waals surface area contributed by atoms with Crippen molar-refractivity contribution in [3.8, 4) is 0 Å². The summed E-state index contributed by atoms with van der Waals surface area (Å²) >= 11 is 0. The lowest BCUT2D eigenvalue weighted by molar-refractivity contribution is -0.140. The van der Waals surface area contributed by atoms with Crippen LogP contribution in [0.25, 0.3) is 6.08 Å². The second kappa shape index (κ2) is 5.04. The van der Waals surface area contributed by atoms with Gasteiger partial charge in [-0.15, -0.1) is 0 Å². The Labute approximate surface area is 102 Å². The van der Waals surface area contributed by atoms with E-state index in [0.29, 0.717) is 0 Å². The van der Waals surface area contributed by atoms with Crippen LogP contribution < -0.4 is 5.32 Å². The molecule has 0 amide bonds. The molecular weight excluding hydrogens is 214 g/mol. The number of aliphatic carboxylic acids is 1. The molecule has 1 atom stereocenters. The Kier molecular flexibility index (Phi) is 3.94. The number of benzene rings is 1. The van der Waals surface area contributed by atoms with E-state index in [0.717, 1.165) is 11.3 Å². The van der Waals surface area contributed by atoms with Crippen LogP contribution >= 0.6 is 0 Å². The molecule has 0 heterocycles. The molecule has 0 bridgehead atoms. The highest BCUT2D eigenvalue weighted by Crippen LogP contribution is 2.24. The first-order valence-electron chi connectivity index (χ1n) is 5.56. The Morgan fingerprint density at radius 2 is 2.12 bits per heavy atom. The third kappa shape index (κ3) is 3.63. The fourth-order valence-electron chi connectivity index (χ4n) is 1.57. The number of hydrogen-bond acceptors (Lipinski definition) is 2. The fourth-order valence-corrected chi connectivity index (χ4v) is 1.57. The second-order valence-corrected chi connectivity index (χ2v) is 5.11. The molecule has 0 aliphatic carbocycles. The predicted molar refractivity (Wildman–Crippen MR) is 71.0 cm³/mol. The van der Waals surface area contributed by atoms with Crippen LogP contribution in [0.5, 0.6) is 0 Å². The Morgan fingerprint density at radius 3 is 2.59 bits per heavy atom. The van der Waals surface area contributed by atoms with Crippen molar-refractivity contribution in [1.82, 2.24) is 0 Å². The molecule has 0 aromatic heterocycles. The van der Waals surface area contributed by atoms with Gasteiger partial charge in [0.2, 0.25) is 0 Å². The van der Waals surface area contributed by atoms with Crippen molar-refractivity contribution in [2.24, 2.45) is 5.41 Å². The van der Waals surface area contributed by atoms with Crippen molar-refractivity contribution in [3.05, 3.63) is 36.4 Å². The molecule has 1 rings (SSSR count). The maximum Gasteiger partial charge on any atom is 0.326 e. The largest absolute Gasteiger partial charge is 0.480 e. The summed E-state index contributed by atoms with van der Waals surface area (Å²) in [6.07, 6.45) is 1.73. The maximum atomic E-state index is 11.2. The van der Waals surface area contributed by atoms with Gasteiger partial charge in [-0.1, -0.05) is 45.6 Å². The average molecular weight is 233 g/mol. The minimum atomic E-state index is -0.846. The first-order chi connectivity index (χ1) is 7.84. The molecule has 1 unspecified atom stereocenters. The molecule has 0 aliphatic rings. The van der Waals surface area contributed by atoms with Gasteiger partial charge >= 0.3 is 5.97 Å². The minimum absolute atomic E-state index is 0.351. The molecule has 0 saturated carbocycles. The van der Waals surface area contributed by atoms with Gasteiger partial charge in [0.05, 0.1) is 0 Å². The highest BCUT2D eigenvalue weighted by Gasteiger charge is 2.30. The smallest absolute Gasteiger partial charge is 0.326 e. The third-order valence-corrected chi connectivity index (χ3v) is 2.55. The third-order valence-electron chi connectivity index (χ3n) is 2.55. The summed E-state index contributed by atoms with van der Waals surface area (Å²) in [4.78, 5) is 11.2. The van der Waals surface area contributed by atoms with E-state index in [1.54, 1.807) is 6.08 Å². The molecule has 0 saturated heterocycles. The molecule has 0 aliphatic heterocycles. The molecule has 3 heteroatoms. The minimum Gasteiger partial charge on any atom is -0.480 e. The quantitative estimate of drug-likeness (QED) is 0.839. The van der Waals surface area contributed by atoms with E-state index < -0.39 is 12.0 Å². The number of carbonyl (C=O) groups is 1. The number of carboxylic acids is 1. The standard InChI is InChI=1S/C14H19NO2/c1-5-10-7-6-8-11(9-10)15-12(13(16)17)14(2,3)4/h5-9,12,15H,1H2,2-4H3,(H,16,17). The van der Waals surface area contributed by atoms with Crippen LogP contribution in [-0.4, -0.2) is 17.1 Å². The lowest BCUT2D eigenvalue weighted by atomic mass is 9.86. The normalized spacial score (nSPS) is 12.9. The molecule has 0 radical (unpaired) electrons. The molecule has 1 aromatic rings. The Bertz CT molecular complexity index is 418. The van der Waals surface area contributed by atoms with Crippen LogP contribution in [-0.2, 0) is 4.79 Å². The number of hydrogen-bond donors (Lipinski definition) is 2. The Balaban J connectivity index is 2.94. The number of rotatable bonds is 4. The first-order valence-corrected chi connectivity index (χ1v) is 5.56. The zero-order valence-corrected chi connectivity index (χ0v) is 10.5. The topological polar surface area (TPSA) is 49.3 Å². The number of carboxylic acid groups (broad SMARTS) is 1. The van der Waals surface area contributed by atoms with Crippen LogP contribution in [0.4, 0.5) is 5.69 Å². The highest BCUT2D eigenvalue weighted by atomic mass is 16.4. The van der Waals surface area contributed by atoms with Crippen LogP contribution in [0.1, 0.15) is 26.3 Å². The van der Waals surface area contributed by atoms with Gasteiger partial charge in [-0.25, -0.2) is 4.79 Å². The van der Waals surface area contributed by atoms with Gasteiger partial charge < -0.3 is 10.4 Å². The zero-order valence-electron chi connectivity index (χ0n) is 10.5. The Hall–Kier alpha value is -1.77. The van der Waals surface area contributed by atoms with Gasteiger partial charge in [-0.3, -0.25) is 0 Å². The summed E-state index contributed by atoms with van der Waals surface area (Å²) in [5.74, 6) is -0.846. The SMILES string of the molecule is C=Cc1cccc(NC(C(=O)O)C(C)(C)C)c1. The van der Waals surface area contributed by atoms with Gasteiger partial charge in [-0.2, -0.15) is 0 Å². The summed E-state index contributed by atoms with van der Waals surface area (Å²) in [7, 11) is 0. The molecule has 92 valence electrons. The number of nitrogens with one attached hydrogen (secondary N) is 1. The summed E-state index contributed by atoms with van der Waals surface area (Å²) in [5, 5.41) is 12.3. The van der Waals surface area contributed by atoms with E-state index in [9.17, 15) is 9.90 Å². The molecule has 17 heavy (non-hydrogen) atoms. The van der Waals surface area contributed by atoms with Gasteiger partial charge in [0.15, 0.2) is 0 Å². The highest BCUT2D eigenvalue weighted by molar-refractivity contribution is 5.78. The average Bonchev–Trinajstić information content (AvgIpc) is 2.24. The van der Waals surface area contributed by atoms with E-state index in [1.807, 2.05) is 45.0 Å². The monoisotopic (exact) mass is 233 g/mol. The van der Waals surface area contributed by atoms with E-state index in [2.05, 4.69) is 11.9 Å². The molecule has 3 nitrogen and oxygen atoms in total. The second-order valence-electron chi connectivity index (χ2n) is 5.11. The molecule has 1 aromatic carbocycles. The first kappa shape index (κ1) is 13.3. The fraction of sp³-hybridized carbons (Fsp3) is 0.357. The summed E-state index contributed by atoms with van der Waals surface area (Å²) in [5.41, 5.74) is 1.41. The molecule has 0 spiro atoms. The van der Waals surface area contributed by atoms with E-state index >= 15 is 0 Å². The van der Waals surface area contributed by atoms with Gasteiger partial charge in [-0.05, 0) is 23.1 Å². The summed E-state index contributed by atoms with van der Waals surface area (Å²) in [6.45, 7) is 9.39. The van der Waals surface area contributed by atoms with Crippen LogP contribution in [0.3, 0.4) is 0 Å². The maximum absolute atomic E-state index is 11.2. The lowest BCUT2D eigenvalue weighted by Gasteiger charge is -2.28. The molecular formula is C14H19NO2. The van der Waals surface area contributed by atoms with Crippen LogP contribution in [0, 0.1) is 5.41 Å². The van der Waals surface area contributed by atoms with E-state index in [4.69, 9.17) is 0 Å². The van der Waals surface area contributed by atoms with E-state index in [-0.39, 0.29) is 5.41 Å². The van der Waals surface area contributed by atoms with Crippen LogP contribution in [0.2, 0.25) is 0 Å². The van der Waals surface area contributed by atoms with Gasteiger partial charge in [0.25, 0.3) is 0 Å². The molecule has 2 N–H and O–H groups in total. The van der Waals surface area contributed by atoms with Crippen molar-refractivity contribution in [2.75, 3.05) is 5.32 Å².